The Morgan fingerprint density at radius 1 is 1.07 bits per heavy atom. The third kappa shape index (κ3) is 4.99. The van der Waals surface area contributed by atoms with Crippen LogP contribution < -0.4 is 0 Å². The highest BCUT2D eigenvalue weighted by atomic mass is 15.1. The molecule has 0 rings (SSSR count). The van der Waals surface area contributed by atoms with Crippen LogP contribution in [0.5, 0.6) is 0 Å². The standard InChI is InChI=1S/C13H29N/c1-8-9-14(11(2)3)10-12(4)13(5,6)7/h11-12H,8-10H2,1-7H3. The second kappa shape index (κ2) is 5.75. The summed E-state index contributed by atoms with van der Waals surface area (Å²) in [7, 11) is 0. The van der Waals surface area contributed by atoms with Gasteiger partial charge >= 0.3 is 0 Å². The molecule has 1 nitrogen and oxygen atoms in total. The van der Waals surface area contributed by atoms with E-state index in [1.165, 1.54) is 19.5 Å². The maximum Gasteiger partial charge on any atom is 0.00387 e. The third-order valence-corrected chi connectivity index (χ3v) is 3.23. The zero-order valence-electron chi connectivity index (χ0n) is 11.2. The predicted molar refractivity (Wildman–Crippen MR) is 65.6 cm³/mol. The van der Waals surface area contributed by atoms with E-state index in [0.717, 1.165) is 5.92 Å². The van der Waals surface area contributed by atoms with Gasteiger partial charge in [0.1, 0.15) is 0 Å². The molecule has 0 saturated heterocycles. The lowest BCUT2D eigenvalue weighted by Gasteiger charge is -2.35. The number of hydrogen-bond acceptors (Lipinski definition) is 1. The van der Waals surface area contributed by atoms with Gasteiger partial charge in [-0.2, -0.15) is 0 Å². The summed E-state index contributed by atoms with van der Waals surface area (Å²) in [5.74, 6) is 0.761. The SMILES string of the molecule is CCCN(CC(C)C(C)(C)C)C(C)C. The summed E-state index contributed by atoms with van der Waals surface area (Å²) >= 11 is 0. The quantitative estimate of drug-likeness (QED) is 0.651. The maximum absolute atomic E-state index is 2.59. The van der Waals surface area contributed by atoms with E-state index in [1.807, 2.05) is 0 Å². The van der Waals surface area contributed by atoms with Crippen LogP contribution in [0, 0.1) is 11.3 Å². The highest BCUT2D eigenvalue weighted by Gasteiger charge is 2.22. The lowest BCUT2D eigenvalue weighted by Crippen LogP contribution is -2.38. The Morgan fingerprint density at radius 2 is 1.57 bits per heavy atom. The fraction of sp³-hybridized carbons (Fsp3) is 1.00. The van der Waals surface area contributed by atoms with E-state index in [4.69, 9.17) is 0 Å². The number of nitrogens with zero attached hydrogens (tertiary/aromatic N) is 1. The first-order valence-electron chi connectivity index (χ1n) is 6.03. The van der Waals surface area contributed by atoms with Gasteiger partial charge < -0.3 is 4.90 Å². The van der Waals surface area contributed by atoms with Crippen molar-refractivity contribution in [2.24, 2.45) is 11.3 Å². The molecule has 0 bridgehead atoms. The molecule has 0 aromatic heterocycles. The van der Waals surface area contributed by atoms with E-state index in [1.54, 1.807) is 0 Å². The summed E-state index contributed by atoms with van der Waals surface area (Å²) in [5, 5.41) is 0. The largest absolute Gasteiger partial charge is 0.301 e. The van der Waals surface area contributed by atoms with Crippen molar-refractivity contribution in [1.82, 2.24) is 4.90 Å². The van der Waals surface area contributed by atoms with Crippen molar-refractivity contribution in [2.45, 2.75) is 60.9 Å². The molecule has 0 saturated carbocycles. The Bertz CT molecular complexity index is 144. The highest BCUT2D eigenvalue weighted by Crippen LogP contribution is 2.26. The average Bonchev–Trinajstić information content (AvgIpc) is 2.01. The molecular weight excluding hydrogens is 170 g/mol. The fourth-order valence-electron chi connectivity index (χ4n) is 1.47. The topological polar surface area (TPSA) is 3.24 Å². The van der Waals surface area contributed by atoms with Gasteiger partial charge in [0.05, 0.1) is 0 Å². The van der Waals surface area contributed by atoms with Gasteiger partial charge in [-0.25, -0.2) is 0 Å². The van der Waals surface area contributed by atoms with Gasteiger partial charge in [-0.05, 0) is 38.1 Å². The average molecular weight is 199 g/mol. The van der Waals surface area contributed by atoms with Gasteiger partial charge in [-0.1, -0.05) is 34.6 Å². The van der Waals surface area contributed by atoms with E-state index in [-0.39, 0.29) is 0 Å². The Morgan fingerprint density at radius 3 is 1.86 bits per heavy atom. The minimum absolute atomic E-state index is 0.431. The van der Waals surface area contributed by atoms with Crippen LogP contribution in [0.4, 0.5) is 0 Å². The molecular formula is C13H29N. The molecule has 0 aromatic rings. The van der Waals surface area contributed by atoms with Crippen LogP contribution in [0.3, 0.4) is 0 Å². The van der Waals surface area contributed by atoms with E-state index >= 15 is 0 Å². The predicted octanol–water partition coefficient (Wildman–Crippen LogP) is 3.79. The van der Waals surface area contributed by atoms with Gasteiger partial charge in [0.25, 0.3) is 0 Å². The van der Waals surface area contributed by atoms with E-state index in [0.29, 0.717) is 11.5 Å². The number of rotatable bonds is 5. The molecule has 1 heteroatoms. The summed E-state index contributed by atoms with van der Waals surface area (Å²) in [6, 6.07) is 0.680. The van der Waals surface area contributed by atoms with Crippen LogP contribution in [0.25, 0.3) is 0 Å². The minimum atomic E-state index is 0.431. The van der Waals surface area contributed by atoms with Crippen LogP contribution in [-0.4, -0.2) is 24.0 Å². The first-order chi connectivity index (χ1) is 6.29. The van der Waals surface area contributed by atoms with Crippen LogP contribution in [0.2, 0.25) is 0 Å². The summed E-state index contributed by atoms with van der Waals surface area (Å²) < 4.78 is 0. The molecule has 86 valence electrons. The van der Waals surface area contributed by atoms with Gasteiger partial charge in [0.15, 0.2) is 0 Å². The summed E-state index contributed by atoms with van der Waals surface area (Å²) in [6.45, 7) is 18.7. The van der Waals surface area contributed by atoms with Crippen LogP contribution in [0.15, 0.2) is 0 Å². The molecule has 0 radical (unpaired) electrons. The lowest BCUT2D eigenvalue weighted by molar-refractivity contribution is 0.136. The van der Waals surface area contributed by atoms with E-state index < -0.39 is 0 Å². The van der Waals surface area contributed by atoms with Crippen LogP contribution >= 0.6 is 0 Å². The van der Waals surface area contributed by atoms with Crippen molar-refractivity contribution >= 4 is 0 Å². The normalized spacial score (nSPS) is 15.2. The number of hydrogen-bond donors (Lipinski definition) is 0. The molecule has 0 heterocycles. The maximum atomic E-state index is 2.59. The summed E-state index contributed by atoms with van der Waals surface area (Å²) in [4.78, 5) is 2.59. The summed E-state index contributed by atoms with van der Waals surface area (Å²) in [6.07, 6.45) is 1.26. The smallest absolute Gasteiger partial charge is 0.00387 e. The molecule has 1 atom stereocenters. The van der Waals surface area contributed by atoms with E-state index in [9.17, 15) is 0 Å². The molecule has 0 N–H and O–H groups in total. The monoisotopic (exact) mass is 199 g/mol. The van der Waals surface area contributed by atoms with Gasteiger partial charge in [-0.3, -0.25) is 0 Å². The first kappa shape index (κ1) is 14.0. The molecule has 0 aromatic carbocycles. The van der Waals surface area contributed by atoms with Gasteiger partial charge in [0, 0.05) is 12.6 Å². The second-order valence-electron chi connectivity index (χ2n) is 5.86. The fourth-order valence-corrected chi connectivity index (χ4v) is 1.47. The van der Waals surface area contributed by atoms with E-state index in [2.05, 4.69) is 53.4 Å². The minimum Gasteiger partial charge on any atom is -0.301 e. The second-order valence-corrected chi connectivity index (χ2v) is 5.86. The molecule has 1 unspecified atom stereocenters. The molecule has 0 aliphatic rings. The molecule has 14 heavy (non-hydrogen) atoms. The van der Waals surface area contributed by atoms with Crippen molar-refractivity contribution in [3.05, 3.63) is 0 Å². The molecule has 0 spiro atoms. The van der Waals surface area contributed by atoms with Crippen molar-refractivity contribution in [1.29, 1.82) is 0 Å². The van der Waals surface area contributed by atoms with Crippen LogP contribution in [-0.2, 0) is 0 Å². The summed E-state index contributed by atoms with van der Waals surface area (Å²) in [5.41, 5.74) is 0.431. The Kier molecular flexibility index (Phi) is 5.73. The first-order valence-corrected chi connectivity index (χ1v) is 6.03. The zero-order chi connectivity index (χ0) is 11.4. The van der Waals surface area contributed by atoms with Crippen LogP contribution in [0.1, 0.15) is 54.9 Å². The van der Waals surface area contributed by atoms with Crippen molar-refractivity contribution in [3.63, 3.8) is 0 Å². The molecule has 0 aliphatic carbocycles. The Hall–Kier alpha value is -0.0400. The molecule has 0 aliphatic heterocycles. The van der Waals surface area contributed by atoms with Crippen molar-refractivity contribution in [2.75, 3.05) is 13.1 Å². The third-order valence-electron chi connectivity index (χ3n) is 3.23. The van der Waals surface area contributed by atoms with Gasteiger partial charge in [0.2, 0.25) is 0 Å². The zero-order valence-corrected chi connectivity index (χ0v) is 11.2. The Balaban J connectivity index is 4.16. The van der Waals surface area contributed by atoms with Crippen molar-refractivity contribution in [3.8, 4) is 0 Å². The molecule has 0 fully saturated rings. The highest BCUT2D eigenvalue weighted by molar-refractivity contribution is 4.75. The van der Waals surface area contributed by atoms with Gasteiger partial charge in [-0.15, -0.1) is 0 Å². The van der Waals surface area contributed by atoms with Crippen molar-refractivity contribution < 1.29 is 0 Å². The lowest BCUT2D eigenvalue weighted by atomic mass is 9.81. The Labute approximate surface area is 90.9 Å². The molecule has 0 amide bonds.